The van der Waals surface area contributed by atoms with Crippen molar-refractivity contribution in [2.45, 2.75) is 52.1 Å². The molecule has 7 heteroatoms. The molecule has 1 N–H and O–H groups in total. The van der Waals surface area contributed by atoms with Gasteiger partial charge in [0, 0.05) is 31.5 Å². The summed E-state index contributed by atoms with van der Waals surface area (Å²) in [6.45, 7) is 4.16. The number of hydrogen-bond donors (Lipinski definition) is 1. The molecule has 0 fully saturated rings. The van der Waals surface area contributed by atoms with E-state index in [2.05, 4.69) is 32.2 Å². The van der Waals surface area contributed by atoms with Gasteiger partial charge in [0.2, 0.25) is 0 Å². The Morgan fingerprint density at radius 2 is 2.00 bits per heavy atom. The number of fused-ring (bicyclic) bond motifs is 1. The largest absolute Gasteiger partial charge is 0.427 e. The van der Waals surface area contributed by atoms with Crippen molar-refractivity contribution < 1.29 is 9.21 Å². The predicted molar refractivity (Wildman–Crippen MR) is 108 cm³/mol. The van der Waals surface area contributed by atoms with E-state index in [0.29, 0.717) is 16.9 Å². The zero-order valence-corrected chi connectivity index (χ0v) is 16.6. The number of aryl methyl sites for hydroxylation is 3. The average Bonchev–Trinajstić information content (AvgIpc) is 2.93. The van der Waals surface area contributed by atoms with Gasteiger partial charge >= 0.3 is 5.63 Å². The summed E-state index contributed by atoms with van der Waals surface area (Å²) in [7, 11) is 0. The van der Waals surface area contributed by atoms with Crippen LogP contribution in [-0.2, 0) is 19.4 Å². The minimum absolute atomic E-state index is 0.0273. The lowest BCUT2D eigenvalue weighted by Crippen LogP contribution is -2.36. The highest BCUT2D eigenvalue weighted by molar-refractivity contribution is 5.96. The number of benzene rings is 1. The van der Waals surface area contributed by atoms with Crippen LogP contribution in [0.3, 0.4) is 0 Å². The fourth-order valence-electron chi connectivity index (χ4n) is 3.96. The van der Waals surface area contributed by atoms with Crippen molar-refractivity contribution in [2.24, 2.45) is 0 Å². The van der Waals surface area contributed by atoms with Crippen LogP contribution in [0.25, 0.3) is 0 Å². The molecule has 0 radical (unpaired) electrons. The maximum Gasteiger partial charge on any atom is 0.336 e. The van der Waals surface area contributed by atoms with Gasteiger partial charge in [0.15, 0.2) is 0 Å². The highest BCUT2D eigenvalue weighted by Crippen LogP contribution is 2.19. The highest BCUT2D eigenvalue weighted by atomic mass is 16.4. The third kappa shape index (κ3) is 4.13. The molecule has 0 saturated heterocycles. The molecule has 1 unspecified atom stereocenters. The standard InChI is InChI=1S/C22H24N4O3/c1-14-12-20(27)29-15(2)21(14)22(28)23-17-8-9-18-24-25-19(26(18)11-10-17)13-16-6-4-3-5-7-16/h3-7,12,17H,8-11,13H2,1-2H3,(H,23,28). The Kier molecular flexibility index (Phi) is 5.29. The molecular formula is C22H24N4O3. The van der Waals surface area contributed by atoms with Crippen molar-refractivity contribution in [3.63, 3.8) is 0 Å². The second-order valence-electron chi connectivity index (χ2n) is 7.52. The zero-order valence-electron chi connectivity index (χ0n) is 16.6. The Hall–Kier alpha value is -3.22. The Morgan fingerprint density at radius 3 is 2.76 bits per heavy atom. The summed E-state index contributed by atoms with van der Waals surface area (Å²) >= 11 is 0. The molecule has 1 aromatic carbocycles. The van der Waals surface area contributed by atoms with Gasteiger partial charge in [-0.2, -0.15) is 0 Å². The molecule has 4 rings (SSSR count). The average molecular weight is 392 g/mol. The van der Waals surface area contributed by atoms with Crippen molar-refractivity contribution in [2.75, 3.05) is 0 Å². The molecule has 1 aliphatic heterocycles. The van der Waals surface area contributed by atoms with Gasteiger partial charge in [-0.05, 0) is 37.8 Å². The van der Waals surface area contributed by atoms with Crippen LogP contribution >= 0.6 is 0 Å². The van der Waals surface area contributed by atoms with Gasteiger partial charge in [0.1, 0.15) is 17.4 Å². The highest BCUT2D eigenvalue weighted by Gasteiger charge is 2.23. The van der Waals surface area contributed by atoms with Gasteiger partial charge in [-0.25, -0.2) is 4.79 Å². The topological polar surface area (TPSA) is 90.0 Å². The van der Waals surface area contributed by atoms with Crippen LogP contribution in [0.5, 0.6) is 0 Å². The summed E-state index contributed by atoms with van der Waals surface area (Å²) in [5, 5.41) is 11.9. The first kappa shape index (κ1) is 19.1. The molecule has 0 spiro atoms. The molecule has 2 aromatic heterocycles. The fraction of sp³-hybridized carbons (Fsp3) is 0.364. The maximum atomic E-state index is 12.8. The van der Waals surface area contributed by atoms with Crippen LogP contribution in [-0.4, -0.2) is 26.7 Å². The third-order valence-corrected chi connectivity index (χ3v) is 5.42. The first-order valence-electron chi connectivity index (χ1n) is 9.88. The maximum absolute atomic E-state index is 12.8. The Morgan fingerprint density at radius 1 is 1.21 bits per heavy atom. The summed E-state index contributed by atoms with van der Waals surface area (Å²) in [4.78, 5) is 24.3. The summed E-state index contributed by atoms with van der Waals surface area (Å²) < 4.78 is 7.27. The van der Waals surface area contributed by atoms with Crippen LogP contribution < -0.4 is 10.9 Å². The normalized spacial score (nSPS) is 16.1. The van der Waals surface area contributed by atoms with Crippen molar-refractivity contribution in [1.82, 2.24) is 20.1 Å². The number of carbonyl (C=O) groups is 1. The number of aromatic nitrogens is 3. The molecule has 3 aromatic rings. The summed E-state index contributed by atoms with van der Waals surface area (Å²) in [6, 6.07) is 11.6. The van der Waals surface area contributed by atoms with E-state index in [9.17, 15) is 9.59 Å². The lowest BCUT2D eigenvalue weighted by atomic mass is 10.1. The van der Waals surface area contributed by atoms with Crippen molar-refractivity contribution in [1.29, 1.82) is 0 Å². The molecule has 1 aliphatic rings. The monoisotopic (exact) mass is 392 g/mol. The number of amides is 1. The minimum atomic E-state index is -0.435. The van der Waals surface area contributed by atoms with Gasteiger partial charge < -0.3 is 14.3 Å². The summed E-state index contributed by atoms with van der Waals surface area (Å²) in [6.07, 6.45) is 3.10. The molecule has 3 heterocycles. The predicted octanol–water partition coefficient (Wildman–Crippen LogP) is 2.57. The van der Waals surface area contributed by atoms with E-state index in [1.807, 2.05) is 18.2 Å². The van der Waals surface area contributed by atoms with E-state index in [1.54, 1.807) is 13.8 Å². The molecule has 7 nitrogen and oxygen atoms in total. The molecular weight excluding hydrogens is 368 g/mol. The SMILES string of the molecule is Cc1cc(=O)oc(C)c1C(=O)NC1CCc2nnc(Cc3ccccc3)n2CC1. The number of nitrogens with one attached hydrogen (secondary N) is 1. The smallest absolute Gasteiger partial charge is 0.336 e. The van der Waals surface area contributed by atoms with Gasteiger partial charge in [-0.3, -0.25) is 4.79 Å². The zero-order chi connectivity index (χ0) is 20.4. The van der Waals surface area contributed by atoms with E-state index >= 15 is 0 Å². The second kappa shape index (κ2) is 8.03. The lowest BCUT2D eigenvalue weighted by Gasteiger charge is -2.17. The Labute approximate surface area is 168 Å². The number of nitrogens with zero attached hydrogens (tertiary/aromatic N) is 3. The first-order chi connectivity index (χ1) is 14.0. The molecule has 1 atom stereocenters. The van der Waals surface area contributed by atoms with Crippen LogP contribution in [0.15, 0.2) is 45.6 Å². The van der Waals surface area contributed by atoms with E-state index in [-0.39, 0.29) is 11.9 Å². The minimum Gasteiger partial charge on any atom is -0.427 e. The van der Waals surface area contributed by atoms with Gasteiger partial charge in [-0.1, -0.05) is 30.3 Å². The van der Waals surface area contributed by atoms with Crippen LogP contribution in [0, 0.1) is 13.8 Å². The van der Waals surface area contributed by atoms with Crippen LogP contribution in [0.1, 0.15) is 51.7 Å². The van der Waals surface area contributed by atoms with Crippen molar-refractivity contribution in [3.05, 3.63) is 80.9 Å². The molecule has 0 saturated carbocycles. The van der Waals surface area contributed by atoms with Crippen molar-refractivity contribution >= 4 is 5.91 Å². The van der Waals surface area contributed by atoms with E-state index in [1.165, 1.54) is 11.6 Å². The number of carbonyl (C=O) groups excluding carboxylic acids is 1. The summed E-state index contributed by atoms with van der Waals surface area (Å²) in [5.74, 6) is 2.07. The fourth-order valence-corrected chi connectivity index (χ4v) is 3.96. The molecule has 1 amide bonds. The van der Waals surface area contributed by atoms with Gasteiger partial charge in [0.25, 0.3) is 5.91 Å². The van der Waals surface area contributed by atoms with E-state index in [4.69, 9.17) is 4.42 Å². The van der Waals surface area contributed by atoms with E-state index < -0.39 is 5.63 Å². The number of hydrogen-bond acceptors (Lipinski definition) is 5. The van der Waals surface area contributed by atoms with Gasteiger partial charge in [-0.15, -0.1) is 10.2 Å². The third-order valence-electron chi connectivity index (χ3n) is 5.42. The quantitative estimate of drug-likeness (QED) is 0.737. The van der Waals surface area contributed by atoms with Crippen LogP contribution in [0.2, 0.25) is 0 Å². The molecule has 29 heavy (non-hydrogen) atoms. The van der Waals surface area contributed by atoms with Crippen molar-refractivity contribution in [3.8, 4) is 0 Å². The van der Waals surface area contributed by atoms with Crippen LogP contribution in [0.4, 0.5) is 0 Å². The van der Waals surface area contributed by atoms with Gasteiger partial charge in [0.05, 0.1) is 5.56 Å². The number of rotatable bonds is 4. The van der Waals surface area contributed by atoms with E-state index in [0.717, 1.165) is 43.9 Å². The molecule has 150 valence electrons. The summed E-state index contributed by atoms with van der Waals surface area (Å²) in [5.41, 5.74) is 1.84. The molecule has 0 aliphatic carbocycles. The lowest BCUT2D eigenvalue weighted by molar-refractivity contribution is 0.0928. The second-order valence-corrected chi connectivity index (χ2v) is 7.52. The Bertz CT molecular complexity index is 1060. The molecule has 0 bridgehead atoms. The Balaban J connectivity index is 1.45. The first-order valence-corrected chi connectivity index (χ1v) is 9.88.